The molecule has 0 saturated carbocycles. The fourth-order valence-corrected chi connectivity index (χ4v) is 4.39. The van der Waals surface area contributed by atoms with E-state index >= 15 is 0 Å². The number of para-hydroxylation sites is 1. The SMILES string of the molecule is O=C(/C=C/c1ccc(Cl)c(Cl)c1)N1CCN(Cc2noc(Cc3c[nH]c4ccccc34)n2)CC1. The van der Waals surface area contributed by atoms with E-state index in [4.69, 9.17) is 27.7 Å². The van der Waals surface area contributed by atoms with E-state index in [0.717, 1.165) is 35.1 Å². The van der Waals surface area contributed by atoms with Gasteiger partial charge in [0.1, 0.15) is 0 Å². The molecule has 0 bridgehead atoms. The molecule has 0 radical (unpaired) electrons. The molecular formula is C25H23Cl2N5O2. The van der Waals surface area contributed by atoms with Crippen LogP contribution in [0.5, 0.6) is 0 Å². The van der Waals surface area contributed by atoms with Gasteiger partial charge in [-0.25, -0.2) is 0 Å². The van der Waals surface area contributed by atoms with Gasteiger partial charge in [-0.05, 0) is 35.4 Å². The lowest BCUT2D eigenvalue weighted by Crippen LogP contribution is -2.47. The number of amides is 1. The highest BCUT2D eigenvalue weighted by atomic mass is 35.5. The summed E-state index contributed by atoms with van der Waals surface area (Å²) < 4.78 is 5.48. The summed E-state index contributed by atoms with van der Waals surface area (Å²) in [5.74, 6) is 1.24. The molecule has 0 spiro atoms. The lowest BCUT2D eigenvalue weighted by molar-refractivity contribution is -0.127. The molecule has 0 atom stereocenters. The van der Waals surface area contributed by atoms with Gasteiger partial charge in [0.15, 0.2) is 5.82 Å². The van der Waals surface area contributed by atoms with E-state index in [1.165, 1.54) is 0 Å². The molecule has 174 valence electrons. The Bertz CT molecular complexity index is 1340. The summed E-state index contributed by atoms with van der Waals surface area (Å²) in [6.45, 7) is 3.38. The largest absolute Gasteiger partial charge is 0.361 e. The minimum absolute atomic E-state index is 0.0219. The summed E-state index contributed by atoms with van der Waals surface area (Å²) in [6.07, 6.45) is 5.90. The summed E-state index contributed by atoms with van der Waals surface area (Å²) in [6, 6.07) is 13.4. The maximum absolute atomic E-state index is 12.6. The Hall–Kier alpha value is -3.13. The zero-order valence-corrected chi connectivity index (χ0v) is 19.9. The minimum atomic E-state index is -0.0219. The van der Waals surface area contributed by atoms with Gasteiger partial charge in [-0.1, -0.05) is 52.6 Å². The molecular weight excluding hydrogens is 473 g/mol. The predicted molar refractivity (Wildman–Crippen MR) is 133 cm³/mol. The molecule has 3 heterocycles. The number of halogens is 2. The van der Waals surface area contributed by atoms with Crippen LogP contribution in [0.2, 0.25) is 10.0 Å². The summed E-state index contributed by atoms with van der Waals surface area (Å²) in [7, 11) is 0. The topological polar surface area (TPSA) is 78.3 Å². The highest BCUT2D eigenvalue weighted by molar-refractivity contribution is 6.42. The van der Waals surface area contributed by atoms with E-state index in [2.05, 4.69) is 26.1 Å². The molecule has 4 aromatic rings. The molecule has 1 N–H and O–H groups in total. The number of benzene rings is 2. The molecule has 9 heteroatoms. The third-order valence-corrected chi connectivity index (χ3v) is 6.68. The first-order valence-corrected chi connectivity index (χ1v) is 11.8. The van der Waals surface area contributed by atoms with Crippen LogP contribution in [0.15, 0.2) is 59.3 Å². The molecule has 1 saturated heterocycles. The van der Waals surface area contributed by atoms with Gasteiger partial charge in [-0.2, -0.15) is 4.98 Å². The van der Waals surface area contributed by atoms with Crippen LogP contribution >= 0.6 is 23.2 Å². The number of fused-ring (bicyclic) bond motifs is 1. The number of nitrogens with zero attached hydrogens (tertiary/aromatic N) is 4. The number of aromatic amines is 1. The highest BCUT2D eigenvalue weighted by Gasteiger charge is 2.21. The standard InChI is InChI=1S/C25H23Cl2N5O2/c26-20-7-5-17(13-21(20)27)6-8-25(33)32-11-9-31(10-12-32)16-23-29-24(34-30-23)14-18-15-28-22-4-2-1-3-19(18)22/h1-8,13,15,28H,9-12,14,16H2/b8-6+. The number of carbonyl (C=O) groups excluding carboxylic acids is 1. The molecule has 2 aromatic carbocycles. The lowest BCUT2D eigenvalue weighted by Gasteiger charge is -2.33. The summed E-state index contributed by atoms with van der Waals surface area (Å²) in [5.41, 5.74) is 3.06. The van der Waals surface area contributed by atoms with E-state index in [0.29, 0.717) is 47.8 Å². The quantitative estimate of drug-likeness (QED) is 0.388. The minimum Gasteiger partial charge on any atom is -0.361 e. The van der Waals surface area contributed by atoms with Gasteiger partial charge < -0.3 is 14.4 Å². The fourth-order valence-electron chi connectivity index (χ4n) is 4.08. The predicted octanol–water partition coefficient (Wildman–Crippen LogP) is 4.81. The normalized spacial score (nSPS) is 14.9. The Kier molecular flexibility index (Phi) is 6.67. The van der Waals surface area contributed by atoms with E-state index in [9.17, 15) is 4.79 Å². The number of hydrogen-bond donors (Lipinski definition) is 1. The average molecular weight is 496 g/mol. The molecule has 1 aliphatic heterocycles. The van der Waals surface area contributed by atoms with Gasteiger partial charge in [0, 0.05) is 49.4 Å². The number of hydrogen-bond acceptors (Lipinski definition) is 5. The average Bonchev–Trinajstić information content (AvgIpc) is 3.47. The number of H-pyrrole nitrogens is 1. The van der Waals surface area contributed by atoms with Crippen LogP contribution < -0.4 is 0 Å². The fraction of sp³-hybridized carbons (Fsp3) is 0.240. The van der Waals surface area contributed by atoms with E-state index in [-0.39, 0.29) is 5.91 Å². The first-order chi connectivity index (χ1) is 16.5. The van der Waals surface area contributed by atoms with Crippen molar-refractivity contribution in [2.75, 3.05) is 26.2 Å². The second-order valence-electron chi connectivity index (χ2n) is 8.25. The number of piperazine rings is 1. The Morgan fingerprint density at radius 1 is 1.09 bits per heavy atom. The van der Waals surface area contributed by atoms with Crippen molar-refractivity contribution in [2.45, 2.75) is 13.0 Å². The van der Waals surface area contributed by atoms with Gasteiger partial charge in [0.2, 0.25) is 11.8 Å². The van der Waals surface area contributed by atoms with Crippen LogP contribution in [0.3, 0.4) is 0 Å². The number of nitrogens with one attached hydrogen (secondary N) is 1. The van der Waals surface area contributed by atoms with Crippen LogP contribution in [0.25, 0.3) is 17.0 Å². The molecule has 1 amide bonds. The van der Waals surface area contributed by atoms with Gasteiger partial charge in [-0.15, -0.1) is 0 Å². The van der Waals surface area contributed by atoms with Gasteiger partial charge >= 0.3 is 0 Å². The van der Waals surface area contributed by atoms with Crippen molar-refractivity contribution in [1.82, 2.24) is 24.9 Å². The number of aromatic nitrogens is 3. The van der Waals surface area contributed by atoms with Crippen molar-refractivity contribution in [3.05, 3.63) is 87.6 Å². The van der Waals surface area contributed by atoms with Crippen LogP contribution in [0.1, 0.15) is 22.8 Å². The Morgan fingerprint density at radius 2 is 1.91 bits per heavy atom. The van der Waals surface area contributed by atoms with E-state index in [1.54, 1.807) is 24.3 Å². The van der Waals surface area contributed by atoms with Gasteiger partial charge in [0.05, 0.1) is 23.0 Å². The van der Waals surface area contributed by atoms with E-state index < -0.39 is 0 Å². The third-order valence-electron chi connectivity index (χ3n) is 5.94. The van der Waals surface area contributed by atoms with Gasteiger partial charge in [0.25, 0.3) is 0 Å². The van der Waals surface area contributed by atoms with Crippen molar-refractivity contribution in [3.63, 3.8) is 0 Å². The lowest BCUT2D eigenvalue weighted by atomic mass is 10.1. The molecule has 5 rings (SSSR count). The van der Waals surface area contributed by atoms with Crippen molar-refractivity contribution in [3.8, 4) is 0 Å². The van der Waals surface area contributed by atoms with Crippen molar-refractivity contribution in [2.24, 2.45) is 0 Å². The van der Waals surface area contributed by atoms with Gasteiger partial charge in [-0.3, -0.25) is 9.69 Å². The van der Waals surface area contributed by atoms with Crippen molar-refractivity contribution >= 4 is 46.1 Å². The van der Waals surface area contributed by atoms with Crippen LogP contribution in [-0.4, -0.2) is 57.0 Å². The molecule has 0 aliphatic carbocycles. The highest BCUT2D eigenvalue weighted by Crippen LogP contribution is 2.23. The van der Waals surface area contributed by atoms with Crippen LogP contribution in [-0.2, 0) is 17.8 Å². The zero-order chi connectivity index (χ0) is 23.5. The first-order valence-electron chi connectivity index (χ1n) is 11.1. The smallest absolute Gasteiger partial charge is 0.246 e. The second-order valence-corrected chi connectivity index (χ2v) is 9.06. The molecule has 1 aliphatic rings. The summed E-state index contributed by atoms with van der Waals surface area (Å²) in [5, 5.41) is 6.28. The van der Waals surface area contributed by atoms with E-state index in [1.807, 2.05) is 35.4 Å². The van der Waals surface area contributed by atoms with Crippen molar-refractivity contribution in [1.29, 1.82) is 0 Å². The third kappa shape index (κ3) is 5.17. The Labute approximate surface area is 206 Å². The summed E-state index contributed by atoms with van der Waals surface area (Å²) in [4.78, 5) is 24.5. The second kappa shape index (κ2) is 10.0. The zero-order valence-electron chi connectivity index (χ0n) is 18.4. The van der Waals surface area contributed by atoms with Crippen LogP contribution in [0, 0.1) is 0 Å². The maximum Gasteiger partial charge on any atom is 0.246 e. The monoisotopic (exact) mass is 495 g/mol. The number of rotatable bonds is 6. The first kappa shape index (κ1) is 22.7. The Morgan fingerprint density at radius 3 is 2.74 bits per heavy atom. The number of carbonyl (C=O) groups is 1. The summed E-state index contributed by atoms with van der Waals surface area (Å²) >= 11 is 12.0. The van der Waals surface area contributed by atoms with Crippen molar-refractivity contribution < 1.29 is 9.32 Å². The molecule has 7 nitrogen and oxygen atoms in total. The molecule has 2 aromatic heterocycles. The van der Waals surface area contributed by atoms with Crippen LogP contribution in [0.4, 0.5) is 0 Å². The maximum atomic E-state index is 12.6. The molecule has 0 unspecified atom stereocenters. The molecule has 34 heavy (non-hydrogen) atoms. The molecule has 1 fully saturated rings. The Balaban J connectivity index is 1.12.